The smallest absolute Gasteiger partial charge is 0.255 e. The van der Waals surface area contributed by atoms with Gasteiger partial charge in [0, 0.05) is 24.7 Å². The molecule has 1 aromatic carbocycles. The van der Waals surface area contributed by atoms with Gasteiger partial charge in [0.25, 0.3) is 5.91 Å². The number of hydrogen-bond acceptors (Lipinski definition) is 5. The SMILES string of the molecule is CN=C(NCc1cccc(OCC(N)=O)c1)NCc1ncc(C)s1. The highest BCUT2D eigenvalue weighted by Crippen LogP contribution is 2.13. The molecule has 0 saturated carbocycles. The van der Waals surface area contributed by atoms with Crippen molar-refractivity contribution in [3.63, 3.8) is 0 Å². The molecule has 0 aliphatic heterocycles. The first kappa shape index (κ1) is 17.7. The Bertz CT molecular complexity index is 714. The Balaban J connectivity index is 1.84. The Kier molecular flexibility index (Phi) is 6.56. The number of hydrogen-bond donors (Lipinski definition) is 3. The molecule has 0 radical (unpaired) electrons. The zero-order valence-corrected chi connectivity index (χ0v) is 14.5. The number of nitrogens with two attached hydrogens (primary N) is 1. The second-order valence-electron chi connectivity index (χ2n) is 5.05. The normalized spacial score (nSPS) is 11.2. The van der Waals surface area contributed by atoms with Crippen LogP contribution >= 0.6 is 11.3 Å². The monoisotopic (exact) mass is 347 g/mol. The number of amides is 1. The topological polar surface area (TPSA) is 102 Å². The summed E-state index contributed by atoms with van der Waals surface area (Å²) in [5.41, 5.74) is 6.08. The molecular formula is C16H21N5O2S. The van der Waals surface area contributed by atoms with E-state index in [4.69, 9.17) is 10.5 Å². The summed E-state index contributed by atoms with van der Waals surface area (Å²) >= 11 is 1.65. The summed E-state index contributed by atoms with van der Waals surface area (Å²) in [5.74, 6) is 0.793. The molecule has 7 nitrogen and oxygen atoms in total. The number of nitrogens with zero attached hydrogens (tertiary/aromatic N) is 2. The van der Waals surface area contributed by atoms with Crippen LogP contribution < -0.4 is 21.1 Å². The summed E-state index contributed by atoms with van der Waals surface area (Å²) in [6.45, 7) is 3.10. The van der Waals surface area contributed by atoms with Crippen molar-refractivity contribution >= 4 is 23.2 Å². The van der Waals surface area contributed by atoms with Crippen LogP contribution in [0.3, 0.4) is 0 Å². The standard InChI is InChI=1S/C16H21N5O2S/c1-11-7-19-15(24-11)9-21-16(18-2)20-8-12-4-3-5-13(6-12)23-10-14(17)22/h3-7H,8-10H2,1-2H3,(H2,17,22)(H2,18,20,21). The molecule has 0 bridgehead atoms. The molecule has 8 heteroatoms. The minimum absolute atomic E-state index is 0.132. The van der Waals surface area contributed by atoms with Crippen LogP contribution in [0.4, 0.5) is 0 Å². The fourth-order valence-electron chi connectivity index (χ4n) is 1.95. The molecule has 0 aliphatic rings. The Hall–Kier alpha value is -2.61. The number of primary amides is 1. The summed E-state index contributed by atoms with van der Waals surface area (Å²) < 4.78 is 5.29. The maximum absolute atomic E-state index is 10.8. The van der Waals surface area contributed by atoms with Gasteiger partial charge in [0.05, 0.1) is 6.54 Å². The first-order valence-corrected chi connectivity index (χ1v) is 8.24. The van der Waals surface area contributed by atoms with E-state index in [0.29, 0.717) is 24.8 Å². The van der Waals surface area contributed by atoms with Crippen molar-refractivity contribution in [3.05, 3.63) is 45.9 Å². The molecule has 0 fully saturated rings. The van der Waals surface area contributed by atoms with Gasteiger partial charge < -0.3 is 21.1 Å². The minimum atomic E-state index is -0.499. The number of nitrogens with one attached hydrogen (secondary N) is 2. The van der Waals surface area contributed by atoms with Crippen molar-refractivity contribution < 1.29 is 9.53 Å². The molecule has 0 spiro atoms. The third kappa shape index (κ3) is 5.88. The van der Waals surface area contributed by atoms with Gasteiger partial charge in [-0.2, -0.15) is 0 Å². The molecule has 0 aliphatic carbocycles. The average molecular weight is 347 g/mol. The van der Waals surface area contributed by atoms with E-state index < -0.39 is 5.91 Å². The van der Waals surface area contributed by atoms with Gasteiger partial charge in [-0.15, -0.1) is 11.3 Å². The average Bonchev–Trinajstić information content (AvgIpc) is 2.99. The predicted molar refractivity (Wildman–Crippen MR) is 95.0 cm³/mol. The van der Waals surface area contributed by atoms with Crippen LogP contribution in [0, 0.1) is 6.92 Å². The molecule has 1 aromatic heterocycles. The van der Waals surface area contributed by atoms with Gasteiger partial charge in [0.1, 0.15) is 10.8 Å². The van der Waals surface area contributed by atoms with Crippen LogP contribution in [0.15, 0.2) is 35.5 Å². The number of guanidine groups is 1. The maximum atomic E-state index is 10.8. The number of aromatic nitrogens is 1. The minimum Gasteiger partial charge on any atom is -0.484 e. The largest absolute Gasteiger partial charge is 0.484 e. The molecule has 4 N–H and O–H groups in total. The molecule has 24 heavy (non-hydrogen) atoms. The summed E-state index contributed by atoms with van der Waals surface area (Å²) in [6, 6.07) is 7.46. The highest BCUT2D eigenvalue weighted by atomic mass is 32.1. The second kappa shape index (κ2) is 8.88. The number of rotatable bonds is 7. The zero-order valence-electron chi connectivity index (χ0n) is 13.7. The number of ether oxygens (including phenoxy) is 1. The number of benzene rings is 1. The van der Waals surface area contributed by atoms with Crippen LogP contribution in [0.1, 0.15) is 15.4 Å². The maximum Gasteiger partial charge on any atom is 0.255 e. The van der Waals surface area contributed by atoms with Crippen LogP contribution in [0.2, 0.25) is 0 Å². The second-order valence-corrected chi connectivity index (χ2v) is 6.37. The molecular weight excluding hydrogens is 326 g/mol. The fraction of sp³-hybridized carbons (Fsp3) is 0.312. The lowest BCUT2D eigenvalue weighted by molar-refractivity contribution is -0.119. The molecule has 2 rings (SSSR count). The van der Waals surface area contributed by atoms with E-state index in [0.717, 1.165) is 10.6 Å². The van der Waals surface area contributed by atoms with Crippen LogP contribution in [0.5, 0.6) is 5.75 Å². The van der Waals surface area contributed by atoms with Crippen LogP contribution in [-0.4, -0.2) is 30.5 Å². The lowest BCUT2D eigenvalue weighted by Crippen LogP contribution is -2.36. The third-order valence-corrected chi connectivity index (χ3v) is 3.95. The quantitative estimate of drug-likeness (QED) is 0.516. The van der Waals surface area contributed by atoms with E-state index in [1.807, 2.05) is 31.3 Å². The molecule has 1 amide bonds. The lowest BCUT2D eigenvalue weighted by atomic mass is 10.2. The Morgan fingerprint density at radius 2 is 2.17 bits per heavy atom. The van der Waals surface area contributed by atoms with E-state index in [1.165, 1.54) is 4.88 Å². The van der Waals surface area contributed by atoms with Gasteiger partial charge in [-0.05, 0) is 24.6 Å². The van der Waals surface area contributed by atoms with E-state index in [-0.39, 0.29) is 6.61 Å². The van der Waals surface area contributed by atoms with Gasteiger partial charge in [-0.3, -0.25) is 9.79 Å². The van der Waals surface area contributed by atoms with Crippen molar-refractivity contribution in [2.75, 3.05) is 13.7 Å². The molecule has 0 unspecified atom stereocenters. The van der Waals surface area contributed by atoms with Crippen molar-refractivity contribution in [1.82, 2.24) is 15.6 Å². The van der Waals surface area contributed by atoms with Gasteiger partial charge in [0.2, 0.25) is 0 Å². The Morgan fingerprint density at radius 1 is 1.38 bits per heavy atom. The summed E-state index contributed by atoms with van der Waals surface area (Å²) in [4.78, 5) is 20.4. The first-order valence-electron chi connectivity index (χ1n) is 7.42. The number of thiazole rings is 1. The Morgan fingerprint density at radius 3 is 2.83 bits per heavy atom. The number of carbonyl (C=O) groups excluding carboxylic acids is 1. The van der Waals surface area contributed by atoms with Crippen molar-refractivity contribution in [2.45, 2.75) is 20.0 Å². The van der Waals surface area contributed by atoms with Crippen molar-refractivity contribution in [2.24, 2.45) is 10.7 Å². The summed E-state index contributed by atoms with van der Waals surface area (Å²) in [5, 5.41) is 7.45. The lowest BCUT2D eigenvalue weighted by Gasteiger charge is -2.12. The fourth-order valence-corrected chi connectivity index (χ4v) is 2.68. The van der Waals surface area contributed by atoms with E-state index >= 15 is 0 Å². The first-order chi connectivity index (χ1) is 11.6. The molecule has 1 heterocycles. The number of aryl methyl sites for hydroxylation is 1. The number of aliphatic imine (C=N–C) groups is 1. The zero-order chi connectivity index (χ0) is 17.4. The van der Waals surface area contributed by atoms with E-state index in [9.17, 15) is 4.79 Å². The molecule has 2 aromatic rings. The van der Waals surface area contributed by atoms with Gasteiger partial charge in [-0.1, -0.05) is 12.1 Å². The third-order valence-electron chi connectivity index (χ3n) is 3.04. The predicted octanol–water partition coefficient (Wildman–Crippen LogP) is 1.18. The highest BCUT2D eigenvalue weighted by Gasteiger charge is 2.03. The molecule has 0 atom stereocenters. The van der Waals surface area contributed by atoms with Crippen molar-refractivity contribution in [3.8, 4) is 5.75 Å². The number of carbonyl (C=O) groups is 1. The molecule has 0 saturated heterocycles. The summed E-state index contributed by atoms with van der Waals surface area (Å²) in [6.07, 6.45) is 1.86. The van der Waals surface area contributed by atoms with Gasteiger partial charge >= 0.3 is 0 Å². The highest BCUT2D eigenvalue weighted by molar-refractivity contribution is 7.11. The van der Waals surface area contributed by atoms with Crippen molar-refractivity contribution in [1.29, 1.82) is 0 Å². The summed E-state index contributed by atoms with van der Waals surface area (Å²) in [7, 11) is 1.72. The van der Waals surface area contributed by atoms with Gasteiger partial charge in [0.15, 0.2) is 12.6 Å². The van der Waals surface area contributed by atoms with Crippen LogP contribution in [-0.2, 0) is 17.9 Å². The van der Waals surface area contributed by atoms with E-state index in [2.05, 4.69) is 20.6 Å². The Labute approximate surface area is 145 Å². The van der Waals surface area contributed by atoms with E-state index in [1.54, 1.807) is 24.5 Å². The van der Waals surface area contributed by atoms with Gasteiger partial charge in [-0.25, -0.2) is 4.98 Å². The molecule has 128 valence electrons. The van der Waals surface area contributed by atoms with Crippen LogP contribution in [0.25, 0.3) is 0 Å².